The number of rotatable bonds is 7. The number of piperidine rings is 1. The highest BCUT2D eigenvalue weighted by atomic mass is 19.4. The van der Waals surface area contributed by atoms with Crippen molar-refractivity contribution >= 4 is 12.0 Å². The van der Waals surface area contributed by atoms with Crippen molar-refractivity contribution in [1.82, 2.24) is 15.2 Å². The highest BCUT2D eigenvalue weighted by Gasteiger charge is 2.39. The maximum atomic E-state index is 13.3. The Morgan fingerprint density at radius 1 is 1.05 bits per heavy atom. The lowest BCUT2D eigenvalue weighted by Crippen LogP contribution is -2.54. The number of halogens is 3. The van der Waals surface area contributed by atoms with E-state index in [4.69, 9.17) is 9.47 Å². The van der Waals surface area contributed by atoms with Gasteiger partial charge in [0.05, 0.1) is 5.41 Å². The van der Waals surface area contributed by atoms with E-state index in [-0.39, 0.29) is 30.4 Å². The number of carbonyl (C=O) groups excluding carboxylic acids is 2. The number of likely N-dealkylation sites (tertiary alicyclic amines) is 1. The molecule has 208 valence electrons. The summed E-state index contributed by atoms with van der Waals surface area (Å²) in [6.45, 7) is 9.18. The monoisotopic (exact) mass is 537 g/mol. The summed E-state index contributed by atoms with van der Waals surface area (Å²) in [6, 6.07) is 11.7. The zero-order valence-electron chi connectivity index (χ0n) is 22.2. The van der Waals surface area contributed by atoms with Crippen molar-refractivity contribution in [2.45, 2.75) is 65.0 Å². The Bertz CT molecular complexity index is 1100. The van der Waals surface area contributed by atoms with Crippen LogP contribution in [-0.2, 0) is 9.53 Å². The quantitative estimate of drug-likeness (QED) is 0.516. The summed E-state index contributed by atoms with van der Waals surface area (Å²) in [7, 11) is 0. The maximum absolute atomic E-state index is 13.3. The van der Waals surface area contributed by atoms with Crippen molar-refractivity contribution in [3.05, 3.63) is 54.2 Å². The van der Waals surface area contributed by atoms with Crippen LogP contribution >= 0.6 is 0 Å². The summed E-state index contributed by atoms with van der Waals surface area (Å²) in [4.78, 5) is 31.5. The smallest absolute Gasteiger partial charge is 0.474 e. The van der Waals surface area contributed by atoms with E-state index in [1.165, 1.54) is 12.3 Å². The van der Waals surface area contributed by atoms with E-state index in [0.29, 0.717) is 19.5 Å². The van der Waals surface area contributed by atoms with Crippen LogP contribution in [0.1, 0.15) is 52.5 Å². The Morgan fingerprint density at radius 3 is 2.37 bits per heavy atom. The lowest BCUT2D eigenvalue weighted by molar-refractivity contribution is -0.275. The van der Waals surface area contributed by atoms with Crippen LogP contribution in [0, 0.1) is 5.41 Å². The molecule has 0 unspecified atom stereocenters. The van der Waals surface area contributed by atoms with Gasteiger partial charge < -0.3 is 24.4 Å². The summed E-state index contributed by atoms with van der Waals surface area (Å²) in [5.74, 6) is -1.49. The Hall–Kier alpha value is -3.50. The Morgan fingerprint density at radius 2 is 1.74 bits per heavy atom. The fourth-order valence-corrected chi connectivity index (χ4v) is 4.02. The normalized spacial score (nSPS) is 18.5. The molecule has 11 heteroatoms. The number of carbonyl (C=O) groups is 2. The molecule has 38 heavy (non-hydrogen) atoms. The van der Waals surface area contributed by atoms with Crippen molar-refractivity contribution in [1.29, 1.82) is 0 Å². The second kappa shape index (κ2) is 11.5. The van der Waals surface area contributed by atoms with Gasteiger partial charge >= 0.3 is 12.5 Å². The molecule has 1 N–H and O–H groups in total. The number of aromatic nitrogens is 1. The van der Waals surface area contributed by atoms with E-state index in [2.05, 4.69) is 15.0 Å². The van der Waals surface area contributed by atoms with E-state index in [1.807, 2.05) is 30.3 Å². The number of ether oxygens (including phenoxy) is 3. The molecule has 1 saturated heterocycles. The summed E-state index contributed by atoms with van der Waals surface area (Å²) in [5, 5.41) is 3.08. The van der Waals surface area contributed by atoms with Gasteiger partial charge in [-0.2, -0.15) is 0 Å². The van der Waals surface area contributed by atoms with Crippen LogP contribution in [0.25, 0.3) is 0 Å². The molecule has 1 fully saturated rings. The lowest BCUT2D eigenvalue weighted by atomic mass is 9.84. The van der Waals surface area contributed by atoms with Gasteiger partial charge in [0.25, 0.3) is 5.88 Å². The van der Waals surface area contributed by atoms with Crippen LogP contribution in [0.2, 0.25) is 0 Å². The maximum Gasteiger partial charge on any atom is 0.573 e. The van der Waals surface area contributed by atoms with E-state index >= 15 is 0 Å². The third kappa shape index (κ3) is 8.26. The first-order chi connectivity index (χ1) is 17.6. The molecule has 2 atom stereocenters. The molecular formula is C27H34F3N3O5. The van der Waals surface area contributed by atoms with Gasteiger partial charge in [-0.1, -0.05) is 30.3 Å². The van der Waals surface area contributed by atoms with Crippen LogP contribution in [0.5, 0.6) is 11.6 Å². The molecule has 2 aromatic rings. The largest absolute Gasteiger partial charge is 0.573 e. The molecule has 1 aliphatic rings. The van der Waals surface area contributed by atoms with Gasteiger partial charge in [0.1, 0.15) is 12.2 Å². The van der Waals surface area contributed by atoms with Crippen molar-refractivity contribution in [2.24, 2.45) is 5.41 Å². The van der Waals surface area contributed by atoms with Gasteiger partial charge in [-0.25, -0.2) is 9.78 Å². The standard InChI is InChI=1S/C27H34F3N3O5/c1-25(2,3)38-24(35)33-15-13-20(19(16-33)18-10-7-6-8-11-18)32-23(34)26(4,5)17-36-22-21(12-9-14-31-22)37-27(28,29)30/h6-12,14,19-20H,13,15-17H2,1-5H3,(H,32,34)/t19-,20+/m0/s1. The minimum Gasteiger partial charge on any atom is -0.474 e. The molecule has 1 aromatic heterocycles. The number of amides is 2. The van der Waals surface area contributed by atoms with Gasteiger partial charge in [0.15, 0.2) is 5.75 Å². The van der Waals surface area contributed by atoms with Crippen LogP contribution in [0.15, 0.2) is 48.7 Å². The van der Waals surface area contributed by atoms with Crippen LogP contribution in [-0.4, -0.2) is 59.6 Å². The minimum atomic E-state index is -4.91. The van der Waals surface area contributed by atoms with Crippen molar-refractivity contribution in [2.75, 3.05) is 19.7 Å². The van der Waals surface area contributed by atoms with Crippen molar-refractivity contribution < 1.29 is 37.0 Å². The van der Waals surface area contributed by atoms with Gasteiger partial charge in [0.2, 0.25) is 5.91 Å². The molecule has 0 saturated carbocycles. The summed E-state index contributed by atoms with van der Waals surface area (Å²) in [6.07, 6.45) is -3.56. The first-order valence-electron chi connectivity index (χ1n) is 12.3. The summed E-state index contributed by atoms with van der Waals surface area (Å²) >= 11 is 0. The number of nitrogens with zero attached hydrogens (tertiary/aromatic N) is 2. The third-order valence-corrected chi connectivity index (χ3v) is 5.96. The zero-order chi connectivity index (χ0) is 28.1. The molecule has 2 heterocycles. The zero-order valence-corrected chi connectivity index (χ0v) is 22.2. The summed E-state index contributed by atoms with van der Waals surface area (Å²) in [5.41, 5.74) is -0.786. The summed E-state index contributed by atoms with van der Waals surface area (Å²) < 4.78 is 53.2. The van der Waals surface area contributed by atoms with Crippen LogP contribution in [0.3, 0.4) is 0 Å². The molecule has 0 spiro atoms. The predicted molar refractivity (Wildman–Crippen MR) is 134 cm³/mol. The third-order valence-electron chi connectivity index (χ3n) is 5.96. The second-order valence-electron chi connectivity index (χ2n) is 10.8. The Kier molecular flexibility index (Phi) is 8.79. The lowest BCUT2D eigenvalue weighted by Gasteiger charge is -2.40. The molecule has 0 bridgehead atoms. The highest BCUT2D eigenvalue weighted by Crippen LogP contribution is 2.32. The number of nitrogens with one attached hydrogen (secondary N) is 1. The molecule has 3 rings (SSSR count). The van der Waals surface area contributed by atoms with Gasteiger partial charge in [0, 0.05) is 31.2 Å². The van der Waals surface area contributed by atoms with Gasteiger partial charge in [-0.05, 0) is 58.7 Å². The number of hydrogen-bond acceptors (Lipinski definition) is 6. The Labute approximate surface area is 220 Å². The van der Waals surface area contributed by atoms with Gasteiger partial charge in [-0.15, -0.1) is 13.2 Å². The first-order valence-corrected chi connectivity index (χ1v) is 12.3. The van der Waals surface area contributed by atoms with E-state index in [0.717, 1.165) is 11.6 Å². The molecule has 8 nitrogen and oxygen atoms in total. The highest BCUT2D eigenvalue weighted by molar-refractivity contribution is 5.82. The van der Waals surface area contributed by atoms with Crippen LogP contribution in [0.4, 0.5) is 18.0 Å². The molecule has 0 aliphatic carbocycles. The average molecular weight is 538 g/mol. The molecular weight excluding hydrogens is 503 g/mol. The molecule has 1 aromatic carbocycles. The number of alkyl halides is 3. The fourth-order valence-electron chi connectivity index (χ4n) is 4.02. The first kappa shape index (κ1) is 29.1. The number of hydrogen-bond donors (Lipinski definition) is 1. The van der Waals surface area contributed by atoms with E-state index in [1.54, 1.807) is 39.5 Å². The topological polar surface area (TPSA) is 90.0 Å². The molecule has 1 aliphatic heterocycles. The second-order valence-corrected chi connectivity index (χ2v) is 10.8. The number of pyridine rings is 1. The SMILES string of the molecule is CC(C)(C)OC(=O)N1CC[C@@H](NC(=O)C(C)(C)COc2ncccc2OC(F)(F)F)[C@H](c2ccccc2)C1. The Balaban J connectivity index is 1.70. The van der Waals surface area contributed by atoms with Gasteiger partial charge in [-0.3, -0.25) is 4.79 Å². The minimum absolute atomic E-state index is 0.194. The van der Waals surface area contributed by atoms with Crippen LogP contribution < -0.4 is 14.8 Å². The number of benzene rings is 1. The molecule has 0 radical (unpaired) electrons. The van der Waals surface area contributed by atoms with Crippen molar-refractivity contribution in [3.63, 3.8) is 0 Å². The van der Waals surface area contributed by atoms with Crippen molar-refractivity contribution in [3.8, 4) is 11.6 Å². The van der Waals surface area contributed by atoms with E-state index in [9.17, 15) is 22.8 Å². The molecule has 2 amide bonds. The fraction of sp³-hybridized carbons (Fsp3) is 0.519. The van der Waals surface area contributed by atoms with E-state index < -0.39 is 29.2 Å². The predicted octanol–water partition coefficient (Wildman–Crippen LogP) is 5.29. The average Bonchev–Trinajstić information content (AvgIpc) is 2.82.